The molecule has 9 aliphatic rings. The van der Waals surface area contributed by atoms with E-state index in [1.807, 2.05) is 44.2 Å². The standard InChI is InChI=1S/C69H84N10O14S2/c1-40(2)92-55-11-9-8-10-46(55)53-36-76(54-38-91-68(5,6)62-58(54)59-61(66(72-62)94(7,83)84)89-29-20-67(59,3)4)24-25-77(53)44-34-69(35-44)18-22-75(23-19-69)43-12-13-47(50(31-43)78-49-17-28-88-39-57(49)93-65-52(78)30-42-14-21-70-63(42)73-65)64(80)74-95(85,86)45-32-51(79(81)82)60-56(33-45)90-37-48(71-60)41-15-26-87-27-16-41/h8-14,21,30-33,40-41,44,48-49,53-54,57,71H,15-20,22-29,34-39H2,1-7H3,(H,70,73)(H,74,80)/t48-,49-,53-,54+,57-/m0/s1. The molecule has 1 aliphatic carbocycles. The number of hydrogen-bond acceptors (Lipinski definition) is 21. The molecule has 3 aromatic heterocycles. The lowest BCUT2D eigenvalue weighted by atomic mass is 9.59. The summed E-state index contributed by atoms with van der Waals surface area (Å²) in [6.07, 6.45) is 9.10. The normalized spacial score (nSPS) is 25.7. The number of rotatable bonds is 13. The molecule has 95 heavy (non-hydrogen) atoms. The van der Waals surface area contributed by atoms with Gasteiger partial charge in [0.05, 0.1) is 76.9 Å². The quantitative estimate of drug-likeness (QED) is 0.0717. The molecule has 506 valence electrons. The van der Waals surface area contributed by atoms with Gasteiger partial charge in [-0.15, -0.1) is 0 Å². The Bertz CT molecular complexity index is 4260. The third-order valence-corrected chi connectivity index (χ3v) is 23.9. The second-order valence-corrected chi connectivity index (χ2v) is 32.5. The van der Waals surface area contributed by atoms with Crippen LogP contribution in [0.25, 0.3) is 11.0 Å². The van der Waals surface area contributed by atoms with Gasteiger partial charge in [0, 0.05) is 111 Å². The number of ether oxygens (including phenoxy) is 7. The van der Waals surface area contributed by atoms with E-state index in [1.54, 1.807) is 12.3 Å². The summed E-state index contributed by atoms with van der Waals surface area (Å²) in [6, 6.07) is 19.5. The average Bonchev–Trinajstić information content (AvgIpc) is 0.845. The molecule has 5 fully saturated rings. The maximum atomic E-state index is 15.1. The van der Waals surface area contributed by atoms with Crippen molar-refractivity contribution in [2.45, 2.75) is 156 Å². The first-order chi connectivity index (χ1) is 45.4. The van der Waals surface area contributed by atoms with E-state index < -0.39 is 58.4 Å². The van der Waals surface area contributed by atoms with E-state index >= 15 is 4.79 Å². The SMILES string of the molecule is CC(C)Oc1ccccc1[C@@H]1CN([C@@H]2COC(C)(C)c3nc(S(C)(=O)=O)c4c(c32)C(C)(C)CCO4)CCN1C1CC2(CCN(c3ccc(C(=O)NS(=O)(=O)c4cc5c(c([N+](=O)[O-])c4)N[C@H](C4CCOCC4)CO5)c(N4c5cc6cc[nH]c6nc5O[C@H]5COCC[C@@H]54)c3)CC2)C1. The Labute approximate surface area is 553 Å². The van der Waals surface area contributed by atoms with Gasteiger partial charge >= 0.3 is 0 Å². The number of piperazine rings is 1. The fraction of sp³-hybridized carbons (Fsp3) is 0.551. The van der Waals surface area contributed by atoms with Gasteiger partial charge in [-0.1, -0.05) is 32.0 Å². The molecule has 5 atom stereocenters. The molecule has 0 unspecified atom stereocenters. The molecular formula is C69H84N10O14S2. The minimum atomic E-state index is -4.76. The number of benzene rings is 3. The largest absolute Gasteiger partial charge is 0.491 e. The molecule has 15 rings (SSSR count). The predicted octanol–water partition coefficient (Wildman–Crippen LogP) is 9.64. The highest BCUT2D eigenvalue weighted by molar-refractivity contribution is 7.90. The molecular weight excluding hydrogens is 1260 g/mol. The minimum absolute atomic E-state index is 0.00831. The number of fused-ring (bicyclic) bond motifs is 7. The van der Waals surface area contributed by atoms with Crippen molar-refractivity contribution in [1.82, 2.24) is 29.5 Å². The number of para-hydroxylation sites is 1. The Kier molecular flexibility index (Phi) is 16.1. The molecule has 24 nitrogen and oxygen atoms in total. The van der Waals surface area contributed by atoms with Crippen LogP contribution in [0.1, 0.15) is 138 Å². The summed E-state index contributed by atoms with van der Waals surface area (Å²) < 4.78 is 102. The molecule has 1 spiro atoms. The predicted molar refractivity (Wildman–Crippen MR) is 355 cm³/mol. The molecule has 1 amide bonds. The van der Waals surface area contributed by atoms with Crippen LogP contribution in [0.5, 0.6) is 23.1 Å². The van der Waals surface area contributed by atoms with Crippen LogP contribution < -0.4 is 38.8 Å². The minimum Gasteiger partial charge on any atom is -0.491 e. The van der Waals surface area contributed by atoms with Crippen molar-refractivity contribution in [1.29, 1.82) is 0 Å². The lowest BCUT2D eigenvalue weighted by Gasteiger charge is -2.59. The molecule has 3 aromatic carbocycles. The highest BCUT2D eigenvalue weighted by Crippen LogP contribution is 2.57. The highest BCUT2D eigenvalue weighted by atomic mass is 32.2. The number of nitrogens with zero attached hydrogens (tertiary/aromatic N) is 7. The summed E-state index contributed by atoms with van der Waals surface area (Å²) in [5.74, 6) is 0.790. The van der Waals surface area contributed by atoms with E-state index in [0.29, 0.717) is 80.3 Å². The highest BCUT2D eigenvalue weighted by Gasteiger charge is 2.53. The third-order valence-electron chi connectivity index (χ3n) is 21.7. The Morgan fingerprint density at radius 3 is 2.39 bits per heavy atom. The van der Waals surface area contributed by atoms with E-state index in [0.717, 1.165) is 111 Å². The molecule has 11 heterocycles. The second kappa shape index (κ2) is 24.0. The number of aromatic amines is 1. The first-order valence-corrected chi connectivity index (χ1v) is 36.9. The van der Waals surface area contributed by atoms with Crippen molar-refractivity contribution in [2.75, 3.05) is 100 Å². The number of amides is 1. The topological polar surface area (TPSA) is 272 Å². The van der Waals surface area contributed by atoms with E-state index in [9.17, 15) is 26.9 Å². The first kappa shape index (κ1) is 63.7. The van der Waals surface area contributed by atoms with Crippen molar-refractivity contribution >= 4 is 65.2 Å². The van der Waals surface area contributed by atoms with E-state index in [1.165, 1.54) is 12.3 Å². The summed E-state index contributed by atoms with van der Waals surface area (Å²) in [5, 5.41) is 16.8. The summed E-state index contributed by atoms with van der Waals surface area (Å²) in [6.45, 7) is 18.9. The van der Waals surface area contributed by atoms with E-state index in [2.05, 4.69) is 80.5 Å². The van der Waals surface area contributed by atoms with Crippen molar-refractivity contribution in [3.05, 3.63) is 111 Å². The van der Waals surface area contributed by atoms with Crippen LogP contribution in [0.2, 0.25) is 0 Å². The molecule has 3 N–H and O–H groups in total. The second-order valence-electron chi connectivity index (χ2n) is 28.9. The fourth-order valence-electron chi connectivity index (χ4n) is 16.6. The van der Waals surface area contributed by atoms with E-state index in [-0.39, 0.29) is 82.9 Å². The van der Waals surface area contributed by atoms with Crippen molar-refractivity contribution in [3.8, 4) is 23.1 Å². The zero-order valence-corrected chi connectivity index (χ0v) is 56.5. The monoisotopic (exact) mass is 1340 g/mol. The summed E-state index contributed by atoms with van der Waals surface area (Å²) in [7, 11) is -8.52. The number of nitro benzene ring substituents is 1. The van der Waals surface area contributed by atoms with Gasteiger partial charge < -0.3 is 53.3 Å². The van der Waals surface area contributed by atoms with Crippen LogP contribution in [0, 0.1) is 21.4 Å². The Balaban J connectivity index is 0.714. The van der Waals surface area contributed by atoms with Gasteiger partial charge in [-0.25, -0.2) is 26.5 Å². The van der Waals surface area contributed by atoms with Gasteiger partial charge in [0.1, 0.15) is 35.4 Å². The fourth-order valence-corrected chi connectivity index (χ4v) is 18.4. The van der Waals surface area contributed by atoms with Crippen molar-refractivity contribution < 1.29 is 59.7 Å². The van der Waals surface area contributed by atoms with Crippen LogP contribution >= 0.6 is 0 Å². The zero-order valence-electron chi connectivity index (χ0n) is 54.9. The van der Waals surface area contributed by atoms with Crippen LogP contribution in [0.3, 0.4) is 0 Å². The third kappa shape index (κ3) is 11.6. The number of carbonyl (C=O) groups excluding carboxylic acids is 1. The van der Waals surface area contributed by atoms with Gasteiger partial charge in [-0.2, -0.15) is 4.98 Å². The van der Waals surface area contributed by atoms with Crippen LogP contribution in [0.4, 0.5) is 28.4 Å². The Hall–Kier alpha value is -7.33. The first-order valence-electron chi connectivity index (χ1n) is 33.5. The van der Waals surface area contributed by atoms with Gasteiger partial charge in [0.25, 0.3) is 21.6 Å². The number of aromatic nitrogens is 3. The summed E-state index contributed by atoms with van der Waals surface area (Å²) >= 11 is 0. The van der Waals surface area contributed by atoms with Gasteiger partial charge in [-0.05, 0) is 132 Å². The van der Waals surface area contributed by atoms with Crippen molar-refractivity contribution in [3.63, 3.8) is 0 Å². The van der Waals surface area contributed by atoms with Gasteiger partial charge in [-0.3, -0.25) is 24.7 Å². The van der Waals surface area contributed by atoms with E-state index in [4.69, 9.17) is 43.1 Å². The molecule has 0 radical (unpaired) electrons. The maximum Gasteiger partial charge on any atom is 0.297 e. The summed E-state index contributed by atoms with van der Waals surface area (Å²) in [4.78, 5) is 49.3. The maximum absolute atomic E-state index is 15.1. The average molecular weight is 1340 g/mol. The van der Waals surface area contributed by atoms with Gasteiger partial charge in [0.2, 0.25) is 5.88 Å². The number of pyridine rings is 2. The number of nitrogens with one attached hydrogen (secondary N) is 3. The number of hydrogen-bond donors (Lipinski definition) is 3. The van der Waals surface area contributed by atoms with Crippen molar-refractivity contribution in [2.24, 2.45) is 11.3 Å². The van der Waals surface area contributed by atoms with Crippen LogP contribution in [-0.2, 0) is 45.1 Å². The van der Waals surface area contributed by atoms with Crippen LogP contribution in [0.15, 0.2) is 82.8 Å². The number of sulfone groups is 1. The molecule has 8 aliphatic heterocycles. The Morgan fingerprint density at radius 1 is 0.842 bits per heavy atom. The molecule has 0 bridgehead atoms. The number of H-pyrrole nitrogens is 1. The number of carbonyl (C=O) groups is 1. The molecule has 6 aromatic rings. The smallest absolute Gasteiger partial charge is 0.297 e. The lowest BCUT2D eigenvalue weighted by molar-refractivity contribution is -0.384. The Morgan fingerprint density at radius 2 is 1.62 bits per heavy atom. The summed E-state index contributed by atoms with van der Waals surface area (Å²) in [5.41, 5.74) is 4.75. The number of sulfonamides is 1. The molecule has 4 saturated heterocycles. The number of piperidine rings is 1. The molecule has 26 heteroatoms. The molecule has 1 saturated carbocycles. The lowest BCUT2D eigenvalue weighted by Crippen LogP contribution is -2.60. The zero-order chi connectivity index (χ0) is 66.1. The number of anilines is 4. The number of nitro groups is 1. The van der Waals surface area contributed by atoms with Crippen LogP contribution in [-0.4, -0.2) is 168 Å². The van der Waals surface area contributed by atoms with Gasteiger partial charge in [0.15, 0.2) is 32.0 Å².